The van der Waals surface area contributed by atoms with Gasteiger partial charge in [0.05, 0.1) is 0 Å². The van der Waals surface area contributed by atoms with Crippen LogP contribution in [-0.2, 0) is 21.2 Å². The van der Waals surface area contributed by atoms with Crippen LogP contribution in [0.4, 0.5) is 0 Å². The van der Waals surface area contributed by atoms with Gasteiger partial charge in [0.1, 0.15) is 22.8 Å². The molecule has 1 aromatic heterocycles. The molecular weight excluding hydrogens is 382 g/mol. The van der Waals surface area contributed by atoms with Crippen molar-refractivity contribution in [3.05, 3.63) is 35.4 Å². The van der Waals surface area contributed by atoms with Crippen LogP contribution < -0.4 is 15.2 Å². The van der Waals surface area contributed by atoms with E-state index in [1.54, 1.807) is 6.33 Å². The van der Waals surface area contributed by atoms with Gasteiger partial charge in [0, 0.05) is 24.0 Å². The minimum Gasteiger partial charge on any atom is -0.482 e. The maximum absolute atomic E-state index is 12.6. The third-order valence-corrected chi connectivity index (χ3v) is 5.13. The van der Waals surface area contributed by atoms with Gasteiger partial charge in [-0.2, -0.15) is 0 Å². The molecule has 0 spiro atoms. The van der Waals surface area contributed by atoms with E-state index in [-0.39, 0.29) is 28.3 Å². The van der Waals surface area contributed by atoms with Crippen molar-refractivity contribution in [3.63, 3.8) is 0 Å². The van der Waals surface area contributed by atoms with E-state index in [2.05, 4.69) is 14.9 Å². The minimum atomic E-state index is -3.92. The number of amides is 1. The van der Waals surface area contributed by atoms with Gasteiger partial charge in [0.2, 0.25) is 10.0 Å². The van der Waals surface area contributed by atoms with E-state index in [4.69, 9.17) is 22.1 Å². The predicted molar refractivity (Wildman–Crippen MR) is 95.4 cm³/mol. The van der Waals surface area contributed by atoms with Crippen LogP contribution in [0.15, 0.2) is 29.4 Å². The molecule has 0 radical (unpaired) electrons. The maximum Gasteiger partial charge on any atom is 0.255 e. The van der Waals surface area contributed by atoms with Crippen molar-refractivity contribution in [3.8, 4) is 5.75 Å². The van der Waals surface area contributed by atoms with Crippen LogP contribution in [0, 0.1) is 0 Å². The normalized spacial score (nSPS) is 11.7. The number of sulfonamides is 1. The van der Waals surface area contributed by atoms with E-state index in [9.17, 15) is 13.2 Å². The molecule has 142 valence electrons. The summed E-state index contributed by atoms with van der Waals surface area (Å²) >= 11 is 5.90. The van der Waals surface area contributed by atoms with Gasteiger partial charge >= 0.3 is 0 Å². The monoisotopic (exact) mass is 401 g/mol. The van der Waals surface area contributed by atoms with Crippen molar-refractivity contribution in [2.75, 3.05) is 13.2 Å². The Morgan fingerprint density at radius 2 is 2.15 bits per heavy atom. The van der Waals surface area contributed by atoms with E-state index in [0.29, 0.717) is 12.2 Å². The predicted octanol–water partition coefficient (Wildman–Crippen LogP) is 0.898. The summed E-state index contributed by atoms with van der Waals surface area (Å²) in [5.41, 5.74) is 5.03. The van der Waals surface area contributed by atoms with Crippen LogP contribution in [0.1, 0.15) is 25.7 Å². The van der Waals surface area contributed by atoms with Crippen molar-refractivity contribution in [1.29, 1.82) is 0 Å². The molecule has 2 aromatic rings. The fourth-order valence-electron chi connectivity index (χ4n) is 2.21. The molecule has 0 atom stereocenters. The highest BCUT2D eigenvalue weighted by Gasteiger charge is 2.21. The number of carbonyl (C=O) groups excluding carboxylic acids is 1. The summed E-state index contributed by atoms with van der Waals surface area (Å²) in [6.45, 7) is 3.62. The van der Waals surface area contributed by atoms with Gasteiger partial charge in [0.25, 0.3) is 5.91 Å². The zero-order chi connectivity index (χ0) is 19.3. The number of rotatable bonds is 9. The van der Waals surface area contributed by atoms with Gasteiger partial charge in [-0.25, -0.2) is 13.1 Å². The molecule has 11 heteroatoms. The molecule has 0 saturated carbocycles. The van der Waals surface area contributed by atoms with Crippen LogP contribution in [0.3, 0.4) is 0 Å². The van der Waals surface area contributed by atoms with Gasteiger partial charge < -0.3 is 15.0 Å². The highest BCUT2D eigenvalue weighted by molar-refractivity contribution is 7.89. The molecule has 0 aliphatic carbocycles. The standard InChI is InChI=1S/C15H20ClN5O4S/c1-10(2)21-9-18-20-15(21)5-6-19-26(23,24)13-7-11(16)3-4-12(13)25-8-14(17)22/h3-4,7,9-10,19H,5-6,8H2,1-2H3,(H2,17,22). The molecular formula is C15H20ClN5O4S. The zero-order valence-corrected chi connectivity index (χ0v) is 15.9. The number of hydrogen-bond acceptors (Lipinski definition) is 6. The number of nitrogens with one attached hydrogen (secondary N) is 1. The molecule has 1 aromatic carbocycles. The highest BCUT2D eigenvalue weighted by Crippen LogP contribution is 2.27. The number of primary amides is 1. The van der Waals surface area contributed by atoms with Crippen molar-refractivity contribution >= 4 is 27.5 Å². The Morgan fingerprint density at radius 3 is 2.81 bits per heavy atom. The molecule has 0 aliphatic rings. The molecule has 0 saturated heterocycles. The topological polar surface area (TPSA) is 129 Å². The third kappa shape index (κ3) is 5.16. The van der Waals surface area contributed by atoms with Gasteiger partial charge in [-0.3, -0.25) is 4.79 Å². The summed E-state index contributed by atoms with van der Waals surface area (Å²) in [7, 11) is -3.92. The van der Waals surface area contributed by atoms with Gasteiger partial charge in [-0.05, 0) is 32.0 Å². The Hall–Kier alpha value is -2.17. The lowest BCUT2D eigenvalue weighted by Gasteiger charge is -2.13. The minimum absolute atomic E-state index is 0.00829. The number of halogens is 1. The number of benzene rings is 1. The first-order valence-corrected chi connectivity index (χ1v) is 9.65. The average Bonchev–Trinajstić information content (AvgIpc) is 3.02. The van der Waals surface area contributed by atoms with Gasteiger partial charge in [-0.15, -0.1) is 10.2 Å². The Morgan fingerprint density at radius 1 is 1.42 bits per heavy atom. The van der Waals surface area contributed by atoms with E-state index in [1.165, 1.54) is 18.2 Å². The molecule has 0 fully saturated rings. The summed E-state index contributed by atoms with van der Waals surface area (Å²) in [6, 6.07) is 4.24. The lowest BCUT2D eigenvalue weighted by Crippen LogP contribution is -2.28. The number of aromatic nitrogens is 3. The van der Waals surface area contributed by atoms with Crippen molar-refractivity contribution in [1.82, 2.24) is 19.5 Å². The van der Waals surface area contributed by atoms with E-state index in [1.807, 2.05) is 18.4 Å². The molecule has 1 amide bonds. The fourth-order valence-corrected chi connectivity index (χ4v) is 3.65. The Kier molecular flexibility index (Phi) is 6.57. The number of nitrogens with two attached hydrogens (primary N) is 1. The molecule has 1 heterocycles. The second-order valence-electron chi connectivity index (χ2n) is 5.74. The van der Waals surface area contributed by atoms with Crippen LogP contribution in [0.25, 0.3) is 0 Å². The second-order valence-corrected chi connectivity index (χ2v) is 7.91. The molecule has 0 unspecified atom stereocenters. The highest BCUT2D eigenvalue weighted by atomic mass is 35.5. The summed E-state index contributed by atoms with van der Waals surface area (Å²) in [6.07, 6.45) is 1.96. The summed E-state index contributed by atoms with van der Waals surface area (Å²) in [5, 5.41) is 8.05. The Balaban J connectivity index is 2.13. The number of ether oxygens (including phenoxy) is 1. The first-order chi connectivity index (χ1) is 12.2. The first kappa shape index (κ1) is 20.1. The second kappa shape index (κ2) is 8.47. The molecule has 0 bridgehead atoms. The molecule has 3 N–H and O–H groups in total. The van der Waals surface area contributed by atoms with E-state index in [0.717, 1.165) is 0 Å². The van der Waals surface area contributed by atoms with Crippen molar-refractivity contribution < 1.29 is 17.9 Å². The first-order valence-electron chi connectivity index (χ1n) is 7.79. The Bertz CT molecular complexity index is 882. The molecule has 0 aliphatic heterocycles. The summed E-state index contributed by atoms with van der Waals surface area (Å²) < 4.78 is 34.7. The van der Waals surface area contributed by atoms with Crippen LogP contribution >= 0.6 is 11.6 Å². The lowest BCUT2D eigenvalue weighted by molar-refractivity contribution is -0.120. The summed E-state index contributed by atoms with van der Waals surface area (Å²) in [5.74, 6) is -0.0608. The molecule has 26 heavy (non-hydrogen) atoms. The van der Waals surface area contributed by atoms with Gasteiger partial charge in [-0.1, -0.05) is 11.6 Å². The lowest BCUT2D eigenvalue weighted by atomic mass is 10.3. The van der Waals surface area contributed by atoms with Crippen molar-refractivity contribution in [2.24, 2.45) is 5.73 Å². The third-order valence-electron chi connectivity index (χ3n) is 3.41. The number of nitrogens with zero attached hydrogens (tertiary/aromatic N) is 3. The Labute approximate surface area is 156 Å². The van der Waals surface area contributed by atoms with Crippen LogP contribution in [0.2, 0.25) is 5.02 Å². The molecule has 9 nitrogen and oxygen atoms in total. The van der Waals surface area contributed by atoms with Crippen LogP contribution in [-0.4, -0.2) is 42.2 Å². The SMILES string of the molecule is CC(C)n1cnnc1CCNS(=O)(=O)c1cc(Cl)ccc1OCC(N)=O. The fraction of sp³-hybridized carbons (Fsp3) is 0.400. The number of hydrogen-bond donors (Lipinski definition) is 2. The van der Waals surface area contributed by atoms with E-state index < -0.39 is 22.5 Å². The largest absolute Gasteiger partial charge is 0.482 e. The van der Waals surface area contributed by atoms with E-state index >= 15 is 0 Å². The van der Waals surface area contributed by atoms with Crippen LogP contribution in [0.5, 0.6) is 5.75 Å². The maximum atomic E-state index is 12.6. The zero-order valence-electron chi connectivity index (χ0n) is 14.3. The smallest absolute Gasteiger partial charge is 0.255 e. The summed E-state index contributed by atoms with van der Waals surface area (Å²) in [4.78, 5) is 10.7. The number of carbonyl (C=O) groups is 1. The average molecular weight is 402 g/mol. The van der Waals surface area contributed by atoms with Crippen molar-refractivity contribution in [2.45, 2.75) is 31.2 Å². The van der Waals surface area contributed by atoms with Gasteiger partial charge in [0.15, 0.2) is 6.61 Å². The molecule has 2 rings (SSSR count). The quantitative estimate of drug-likeness (QED) is 0.642.